The smallest absolute Gasteiger partial charge is 0.325 e. The van der Waals surface area contributed by atoms with Crippen LogP contribution in [0.5, 0.6) is 0 Å². The Labute approximate surface area is 90.2 Å². The summed E-state index contributed by atoms with van der Waals surface area (Å²) in [5, 5.41) is 8.20. The molecule has 16 heavy (non-hydrogen) atoms. The fourth-order valence-corrected chi connectivity index (χ4v) is 1.11. The molecular weight excluding hydrogens is 213 g/mol. The van der Waals surface area contributed by atoms with E-state index in [9.17, 15) is 9.18 Å². The Morgan fingerprint density at radius 1 is 1.25 bits per heavy atom. The molecule has 0 unspecified atom stereocenters. The fraction of sp³-hybridized carbons (Fsp3) is 0. The van der Waals surface area contributed by atoms with Gasteiger partial charge in [-0.3, -0.25) is 5.32 Å². The first-order valence-corrected chi connectivity index (χ1v) is 4.48. The highest BCUT2D eigenvalue weighted by Crippen LogP contribution is 2.12. The summed E-state index contributed by atoms with van der Waals surface area (Å²) in [5.74, 6) is -0.244. The first-order valence-electron chi connectivity index (χ1n) is 4.48. The van der Waals surface area contributed by atoms with Gasteiger partial charge in [0.2, 0.25) is 0 Å². The van der Waals surface area contributed by atoms with Gasteiger partial charge in [0, 0.05) is 6.07 Å². The number of amides is 2. The van der Waals surface area contributed by atoms with E-state index in [1.165, 1.54) is 30.5 Å². The Morgan fingerprint density at radius 3 is 2.75 bits per heavy atom. The summed E-state index contributed by atoms with van der Waals surface area (Å²) < 4.78 is 17.7. The third kappa shape index (κ3) is 2.35. The summed E-state index contributed by atoms with van der Waals surface area (Å²) in [4.78, 5) is 11.4. The maximum atomic E-state index is 13.2. The van der Waals surface area contributed by atoms with Gasteiger partial charge >= 0.3 is 6.03 Å². The fourth-order valence-electron chi connectivity index (χ4n) is 1.11. The Kier molecular flexibility index (Phi) is 2.81. The van der Waals surface area contributed by atoms with E-state index >= 15 is 0 Å². The molecule has 1 aromatic carbocycles. The number of urea groups is 1. The minimum Gasteiger partial charge on any atom is -0.363 e. The summed E-state index contributed by atoms with van der Waals surface area (Å²) in [7, 11) is 0. The highest BCUT2D eigenvalue weighted by Gasteiger charge is 2.07. The highest BCUT2D eigenvalue weighted by molar-refractivity contribution is 5.99. The van der Waals surface area contributed by atoms with E-state index < -0.39 is 11.8 Å². The first-order chi connectivity index (χ1) is 7.75. The third-order valence-electron chi connectivity index (χ3n) is 1.80. The number of hydrogen-bond acceptors (Lipinski definition) is 3. The van der Waals surface area contributed by atoms with Crippen LogP contribution in [0.3, 0.4) is 0 Å². The molecule has 0 aliphatic rings. The van der Waals surface area contributed by atoms with Crippen LogP contribution in [-0.2, 0) is 0 Å². The second kappa shape index (κ2) is 4.43. The largest absolute Gasteiger partial charge is 0.363 e. The number of rotatable bonds is 2. The standard InChI is InChI=1S/C10H8FN3O2/c11-7-3-1-2-4-8(7)12-10(15)13-9-5-6-16-14-9/h1-6H,(H2,12,13,14,15). The molecule has 6 heteroatoms. The molecule has 2 amide bonds. The van der Waals surface area contributed by atoms with E-state index in [-0.39, 0.29) is 11.5 Å². The molecule has 0 radical (unpaired) electrons. The predicted octanol–water partition coefficient (Wildman–Crippen LogP) is 2.46. The van der Waals surface area contributed by atoms with Crippen molar-refractivity contribution >= 4 is 17.5 Å². The van der Waals surface area contributed by atoms with Gasteiger partial charge in [-0.05, 0) is 12.1 Å². The molecule has 0 atom stereocenters. The van der Waals surface area contributed by atoms with Crippen LogP contribution >= 0.6 is 0 Å². The van der Waals surface area contributed by atoms with Crippen LogP contribution in [-0.4, -0.2) is 11.2 Å². The minimum atomic E-state index is -0.584. The lowest BCUT2D eigenvalue weighted by Crippen LogP contribution is -2.20. The molecule has 0 saturated carbocycles. The SMILES string of the molecule is O=C(Nc1ccon1)Nc1ccccc1F. The second-order valence-corrected chi connectivity index (χ2v) is 2.94. The van der Waals surface area contributed by atoms with Crippen molar-refractivity contribution in [2.75, 3.05) is 10.6 Å². The monoisotopic (exact) mass is 221 g/mol. The van der Waals surface area contributed by atoms with Crippen molar-refractivity contribution in [2.24, 2.45) is 0 Å². The number of carbonyl (C=O) groups excluding carboxylic acids is 1. The molecule has 2 aromatic rings. The summed E-state index contributed by atoms with van der Waals surface area (Å²) in [6.07, 6.45) is 1.32. The van der Waals surface area contributed by atoms with Gasteiger partial charge in [0.05, 0.1) is 5.69 Å². The van der Waals surface area contributed by atoms with Crippen LogP contribution in [0.15, 0.2) is 41.1 Å². The zero-order valence-electron chi connectivity index (χ0n) is 8.11. The van der Waals surface area contributed by atoms with Gasteiger partial charge in [-0.15, -0.1) is 0 Å². The second-order valence-electron chi connectivity index (χ2n) is 2.94. The number of nitrogens with zero attached hydrogens (tertiary/aromatic N) is 1. The van der Waals surface area contributed by atoms with E-state index in [0.29, 0.717) is 0 Å². The lowest BCUT2D eigenvalue weighted by atomic mass is 10.3. The molecule has 82 valence electrons. The van der Waals surface area contributed by atoms with E-state index in [1.807, 2.05) is 0 Å². The van der Waals surface area contributed by atoms with Gasteiger partial charge in [-0.25, -0.2) is 9.18 Å². The number of carbonyl (C=O) groups is 1. The van der Waals surface area contributed by atoms with Crippen LogP contribution in [0.2, 0.25) is 0 Å². The van der Waals surface area contributed by atoms with Gasteiger partial charge in [-0.2, -0.15) is 0 Å². The predicted molar refractivity (Wildman–Crippen MR) is 55.5 cm³/mol. The van der Waals surface area contributed by atoms with Crippen molar-refractivity contribution < 1.29 is 13.7 Å². The molecule has 1 heterocycles. The van der Waals surface area contributed by atoms with Crippen LogP contribution in [0.25, 0.3) is 0 Å². The molecule has 0 saturated heterocycles. The average Bonchev–Trinajstić information content (AvgIpc) is 2.74. The molecule has 0 aliphatic carbocycles. The number of para-hydroxylation sites is 1. The Bertz CT molecular complexity index is 485. The minimum absolute atomic E-state index is 0.100. The molecule has 2 N–H and O–H groups in total. The number of halogens is 1. The van der Waals surface area contributed by atoms with Crippen LogP contribution in [0.4, 0.5) is 20.7 Å². The Hall–Kier alpha value is -2.37. The molecule has 5 nitrogen and oxygen atoms in total. The van der Waals surface area contributed by atoms with E-state index in [1.54, 1.807) is 6.07 Å². The van der Waals surface area contributed by atoms with E-state index in [4.69, 9.17) is 0 Å². The molecular formula is C10H8FN3O2. The van der Waals surface area contributed by atoms with Gasteiger partial charge in [-0.1, -0.05) is 17.3 Å². The van der Waals surface area contributed by atoms with Gasteiger partial charge < -0.3 is 9.84 Å². The molecule has 0 fully saturated rings. The molecule has 2 rings (SSSR count). The van der Waals surface area contributed by atoms with Crippen molar-refractivity contribution in [3.63, 3.8) is 0 Å². The zero-order chi connectivity index (χ0) is 11.4. The maximum Gasteiger partial charge on any atom is 0.325 e. The molecule has 0 bridgehead atoms. The number of hydrogen-bond donors (Lipinski definition) is 2. The van der Waals surface area contributed by atoms with E-state index in [0.717, 1.165) is 0 Å². The van der Waals surface area contributed by atoms with Crippen molar-refractivity contribution in [2.45, 2.75) is 0 Å². The highest BCUT2D eigenvalue weighted by atomic mass is 19.1. The topological polar surface area (TPSA) is 67.2 Å². The maximum absolute atomic E-state index is 13.2. The first kappa shape index (κ1) is 10.2. The summed E-state index contributed by atoms with van der Waals surface area (Å²) in [6.45, 7) is 0. The Morgan fingerprint density at radius 2 is 2.06 bits per heavy atom. The van der Waals surface area contributed by atoms with Crippen LogP contribution in [0, 0.1) is 5.82 Å². The average molecular weight is 221 g/mol. The summed E-state index contributed by atoms with van der Waals surface area (Å²) in [6, 6.07) is 6.76. The molecule has 1 aromatic heterocycles. The zero-order valence-corrected chi connectivity index (χ0v) is 8.11. The third-order valence-corrected chi connectivity index (χ3v) is 1.80. The summed E-state index contributed by atoms with van der Waals surface area (Å²) in [5.41, 5.74) is 0.100. The number of benzene rings is 1. The number of nitrogens with one attached hydrogen (secondary N) is 2. The van der Waals surface area contributed by atoms with Crippen molar-refractivity contribution in [1.29, 1.82) is 0 Å². The van der Waals surface area contributed by atoms with Crippen molar-refractivity contribution in [3.05, 3.63) is 42.4 Å². The van der Waals surface area contributed by atoms with Gasteiger partial charge in [0.1, 0.15) is 12.1 Å². The molecule has 0 spiro atoms. The van der Waals surface area contributed by atoms with Crippen LogP contribution in [0.1, 0.15) is 0 Å². The van der Waals surface area contributed by atoms with Crippen molar-refractivity contribution in [1.82, 2.24) is 5.16 Å². The van der Waals surface area contributed by atoms with Crippen LogP contribution < -0.4 is 10.6 Å². The van der Waals surface area contributed by atoms with Gasteiger partial charge in [0.15, 0.2) is 5.82 Å². The lowest BCUT2D eigenvalue weighted by molar-refractivity contribution is 0.262. The normalized spacial score (nSPS) is 9.81. The molecule has 0 aliphatic heterocycles. The van der Waals surface area contributed by atoms with Gasteiger partial charge in [0.25, 0.3) is 0 Å². The number of aromatic nitrogens is 1. The summed E-state index contributed by atoms with van der Waals surface area (Å²) >= 11 is 0. The number of anilines is 2. The quantitative estimate of drug-likeness (QED) is 0.818. The van der Waals surface area contributed by atoms with E-state index in [2.05, 4.69) is 20.3 Å². The lowest BCUT2D eigenvalue weighted by Gasteiger charge is -2.05. The van der Waals surface area contributed by atoms with Crippen molar-refractivity contribution in [3.8, 4) is 0 Å². The Balaban J connectivity index is 2.00.